The second-order valence-electron chi connectivity index (χ2n) is 7.29. The van der Waals surface area contributed by atoms with Gasteiger partial charge in [0.15, 0.2) is 0 Å². The lowest BCUT2D eigenvalue weighted by atomic mass is 9.80. The van der Waals surface area contributed by atoms with Gasteiger partial charge in [-0.25, -0.2) is 0 Å². The van der Waals surface area contributed by atoms with Crippen molar-refractivity contribution in [2.45, 2.75) is 78.1 Å². The number of methoxy groups -OCH3 is 1. The molecule has 0 saturated heterocycles. The van der Waals surface area contributed by atoms with Gasteiger partial charge in [0.2, 0.25) is 0 Å². The Bertz CT molecular complexity index is 359. The van der Waals surface area contributed by atoms with Crippen LogP contribution in [0.25, 0.3) is 0 Å². The molecule has 1 unspecified atom stereocenters. The number of carbonyl (C=O) groups is 2. The summed E-state index contributed by atoms with van der Waals surface area (Å²) in [5, 5.41) is 0. The third kappa shape index (κ3) is 8.27. The van der Waals surface area contributed by atoms with Gasteiger partial charge in [0.1, 0.15) is 5.78 Å². The van der Waals surface area contributed by atoms with Gasteiger partial charge in [0.05, 0.1) is 12.5 Å². The largest absolute Gasteiger partial charge is 0.465 e. The van der Waals surface area contributed by atoms with Gasteiger partial charge in [0.25, 0.3) is 0 Å². The van der Waals surface area contributed by atoms with Crippen LogP contribution in [0.2, 0.25) is 0 Å². The second kappa shape index (κ2) is 12.5. The molecule has 1 rings (SSSR count). The molecule has 0 N–H and O–H groups in total. The van der Waals surface area contributed by atoms with Crippen LogP contribution >= 0.6 is 0 Å². The fourth-order valence-corrected chi connectivity index (χ4v) is 3.54. The molecule has 0 aromatic heterocycles. The maximum Gasteiger partial charge on any atom is 0.308 e. The minimum Gasteiger partial charge on any atom is -0.465 e. The number of hydrogen-bond acceptors (Lipinski definition) is 4. The predicted molar refractivity (Wildman–Crippen MR) is 95.8 cm³/mol. The number of Topliss-reactive ketones (excluding diaryl/α,β-unsaturated/α-hetero) is 1. The number of ether oxygens (including phenoxy) is 2. The van der Waals surface area contributed by atoms with E-state index in [4.69, 9.17) is 9.47 Å². The zero-order chi connectivity index (χ0) is 17.8. The third-order valence-electron chi connectivity index (χ3n) is 5.27. The van der Waals surface area contributed by atoms with E-state index in [1.807, 2.05) is 0 Å². The Hall–Kier alpha value is -0.900. The van der Waals surface area contributed by atoms with Crippen LogP contribution in [0.3, 0.4) is 0 Å². The summed E-state index contributed by atoms with van der Waals surface area (Å²) in [5.41, 5.74) is 0. The van der Waals surface area contributed by atoms with Crippen molar-refractivity contribution in [3.05, 3.63) is 0 Å². The Kier molecular flexibility index (Phi) is 11.0. The molecule has 140 valence electrons. The van der Waals surface area contributed by atoms with E-state index in [9.17, 15) is 9.59 Å². The summed E-state index contributed by atoms with van der Waals surface area (Å²) in [5.74, 6) is 0.847. The van der Waals surface area contributed by atoms with Crippen LogP contribution in [0.15, 0.2) is 0 Å². The van der Waals surface area contributed by atoms with Crippen molar-refractivity contribution in [2.24, 2.45) is 17.8 Å². The van der Waals surface area contributed by atoms with Crippen LogP contribution in [-0.2, 0) is 19.1 Å². The number of hydrogen-bond donors (Lipinski definition) is 0. The highest BCUT2D eigenvalue weighted by Crippen LogP contribution is 2.30. The van der Waals surface area contributed by atoms with Gasteiger partial charge in [0, 0.05) is 19.6 Å². The summed E-state index contributed by atoms with van der Waals surface area (Å²) in [6, 6.07) is 0. The van der Waals surface area contributed by atoms with Crippen molar-refractivity contribution in [3.63, 3.8) is 0 Å². The highest BCUT2D eigenvalue weighted by molar-refractivity contribution is 5.79. The summed E-state index contributed by atoms with van der Waals surface area (Å²) in [6.07, 6.45) is 10.1. The second-order valence-corrected chi connectivity index (χ2v) is 7.29. The van der Waals surface area contributed by atoms with Gasteiger partial charge in [-0.05, 0) is 57.8 Å². The van der Waals surface area contributed by atoms with Crippen LogP contribution in [0.4, 0.5) is 0 Å². The van der Waals surface area contributed by atoms with E-state index in [1.54, 1.807) is 14.0 Å². The maximum atomic E-state index is 12.3. The average molecular weight is 341 g/mol. The SMILES string of the molecule is CCCCC(CCCCOC)COC(=O)C1CCC(C(C)=O)CC1. The molecule has 4 heteroatoms. The van der Waals surface area contributed by atoms with Crippen molar-refractivity contribution < 1.29 is 19.1 Å². The molecule has 1 saturated carbocycles. The van der Waals surface area contributed by atoms with Crippen LogP contribution in [0, 0.1) is 17.8 Å². The Morgan fingerprint density at radius 3 is 2.21 bits per heavy atom. The molecule has 0 aromatic carbocycles. The number of carbonyl (C=O) groups excluding carboxylic acids is 2. The Balaban J connectivity index is 2.30. The van der Waals surface area contributed by atoms with Crippen LogP contribution in [-0.4, -0.2) is 32.1 Å². The van der Waals surface area contributed by atoms with Gasteiger partial charge < -0.3 is 9.47 Å². The first kappa shape index (κ1) is 21.1. The maximum absolute atomic E-state index is 12.3. The van der Waals surface area contributed by atoms with E-state index in [0.717, 1.165) is 58.0 Å². The van der Waals surface area contributed by atoms with E-state index in [0.29, 0.717) is 12.5 Å². The predicted octanol–water partition coefficient (Wildman–Crippen LogP) is 4.55. The lowest BCUT2D eigenvalue weighted by Gasteiger charge is -2.26. The first-order valence-corrected chi connectivity index (χ1v) is 9.74. The summed E-state index contributed by atoms with van der Waals surface area (Å²) in [6.45, 7) is 5.21. The van der Waals surface area contributed by atoms with Gasteiger partial charge in [-0.15, -0.1) is 0 Å². The molecule has 24 heavy (non-hydrogen) atoms. The molecule has 0 amide bonds. The molecule has 0 aliphatic heterocycles. The number of esters is 1. The van der Waals surface area contributed by atoms with Crippen molar-refractivity contribution >= 4 is 11.8 Å². The molecule has 0 aromatic rings. The quantitative estimate of drug-likeness (QED) is 0.386. The molecule has 1 aliphatic carbocycles. The summed E-state index contributed by atoms with van der Waals surface area (Å²) in [4.78, 5) is 23.7. The normalized spacial score (nSPS) is 22.1. The summed E-state index contributed by atoms with van der Waals surface area (Å²) in [7, 11) is 1.73. The van der Waals surface area contributed by atoms with Gasteiger partial charge in [-0.1, -0.05) is 26.2 Å². The molecule has 0 radical (unpaired) electrons. The Morgan fingerprint density at radius 1 is 1.00 bits per heavy atom. The average Bonchev–Trinajstić information content (AvgIpc) is 2.60. The third-order valence-corrected chi connectivity index (χ3v) is 5.27. The number of rotatable bonds is 12. The summed E-state index contributed by atoms with van der Waals surface area (Å²) >= 11 is 0. The van der Waals surface area contributed by atoms with Crippen molar-refractivity contribution in [1.82, 2.24) is 0 Å². The minimum absolute atomic E-state index is 0.000849. The highest BCUT2D eigenvalue weighted by atomic mass is 16.5. The van der Waals surface area contributed by atoms with Gasteiger partial charge >= 0.3 is 5.97 Å². The van der Waals surface area contributed by atoms with Gasteiger partial charge in [-0.3, -0.25) is 9.59 Å². The van der Waals surface area contributed by atoms with E-state index in [2.05, 4.69) is 6.92 Å². The molecule has 0 bridgehead atoms. The van der Waals surface area contributed by atoms with Crippen LogP contribution < -0.4 is 0 Å². The lowest BCUT2D eigenvalue weighted by Crippen LogP contribution is -2.27. The molecular formula is C20H36O4. The first-order valence-electron chi connectivity index (χ1n) is 9.74. The molecule has 0 heterocycles. The number of unbranched alkanes of at least 4 members (excludes halogenated alkanes) is 2. The zero-order valence-corrected chi connectivity index (χ0v) is 15.9. The monoisotopic (exact) mass is 340 g/mol. The molecule has 4 nitrogen and oxygen atoms in total. The van der Waals surface area contributed by atoms with Gasteiger partial charge in [-0.2, -0.15) is 0 Å². The van der Waals surface area contributed by atoms with Crippen molar-refractivity contribution in [2.75, 3.05) is 20.3 Å². The van der Waals surface area contributed by atoms with E-state index in [1.165, 1.54) is 12.8 Å². The molecular weight excluding hydrogens is 304 g/mol. The zero-order valence-electron chi connectivity index (χ0n) is 15.9. The van der Waals surface area contributed by atoms with Crippen molar-refractivity contribution in [1.29, 1.82) is 0 Å². The Morgan fingerprint density at radius 2 is 1.62 bits per heavy atom. The van der Waals surface area contributed by atoms with Crippen LogP contribution in [0.5, 0.6) is 0 Å². The number of ketones is 1. The summed E-state index contributed by atoms with van der Waals surface area (Å²) < 4.78 is 10.7. The van der Waals surface area contributed by atoms with E-state index < -0.39 is 0 Å². The Labute approximate surface area is 147 Å². The van der Waals surface area contributed by atoms with Crippen LogP contribution in [0.1, 0.15) is 78.1 Å². The first-order chi connectivity index (χ1) is 11.6. The standard InChI is InChI=1S/C20H36O4/c1-4-5-8-17(9-6-7-14-23-3)15-24-20(22)19-12-10-18(11-13-19)16(2)21/h17-19H,4-15H2,1-3H3. The lowest BCUT2D eigenvalue weighted by molar-refractivity contribution is -0.152. The molecule has 1 fully saturated rings. The molecule has 1 aliphatic rings. The van der Waals surface area contributed by atoms with Crippen molar-refractivity contribution in [3.8, 4) is 0 Å². The topological polar surface area (TPSA) is 52.6 Å². The van der Waals surface area contributed by atoms with E-state index in [-0.39, 0.29) is 23.6 Å². The molecule has 1 atom stereocenters. The van der Waals surface area contributed by atoms with E-state index >= 15 is 0 Å². The molecule has 0 spiro atoms. The smallest absolute Gasteiger partial charge is 0.308 e. The highest BCUT2D eigenvalue weighted by Gasteiger charge is 2.29. The fourth-order valence-electron chi connectivity index (χ4n) is 3.54. The minimum atomic E-state index is -0.0459. The fraction of sp³-hybridized carbons (Fsp3) is 0.900.